The van der Waals surface area contributed by atoms with Crippen molar-refractivity contribution in [2.75, 3.05) is 18.2 Å². The zero-order valence-electron chi connectivity index (χ0n) is 11.0. The Balaban J connectivity index is 1.77. The van der Waals surface area contributed by atoms with Gasteiger partial charge in [0.1, 0.15) is 5.75 Å². The number of hydrogen-bond acceptors (Lipinski definition) is 4. The number of anilines is 1. The van der Waals surface area contributed by atoms with Crippen LogP contribution in [0.4, 0.5) is 5.69 Å². The second kappa shape index (κ2) is 4.96. The van der Waals surface area contributed by atoms with E-state index in [4.69, 9.17) is 9.47 Å². The molecule has 0 fully saturated rings. The quantitative estimate of drug-likeness (QED) is 0.615. The second-order valence-corrected chi connectivity index (χ2v) is 4.83. The number of nitrogens with zero attached hydrogens (tertiary/aromatic N) is 1. The summed E-state index contributed by atoms with van der Waals surface area (Å²) < 4.78 is 10.9. The molecule has 0 aliphatic carbocycles. The third-order valence-corrected chi connectivity index (χ3v) is 3.41. The van der Waals surface area contributed by atoms with E-state index in [9.17, 15) is 4.79 Å². The Morgan fingerprint density at radius 1 is 1.47 bits per heavy atom. The van der Waals surface area contributed by atoms with Gasteiger partial charge in [0.15, 0.2) is 6.73 Å². The molecular weight excluding hydrogens is 242 g/mol. The van der Waals surface area contributed by atoms with Crippen molar-refractivity contribution in [1.82, 2.24) is 0 Å². The van der Waals surface area contributed by atoms with Gasteiger partial charge >= 0.3 is 5.97 Å². The van der Waals surface area contributed by atoms with Gasteiger partial charge < -0.3 is 14.4 Å². The molecule has 2 aliphatic heterocycles. The van der Waals surface area contributed by atoms with Gasteiger partial charge in [-0.05, 0) is 18.1 Å². The monoisotopic (exact) mass is 259 g/mol. The lowest BCUT2D eigenvalue weighted by Crippen LogP contribution is -2.24. The predicted molar refractivity (Wildman–Crippen MR) is 72.1 cm³/mol. The number of rotatable bonds is 4. The number of hydrogen-bond donors (Lipinski definition) is 0. The second-order valence-electron chi connectivity index (χ2n) is 4.83. The highest BCUT2D eigenvalue weighted by molar-refractivity contribution is 5.91. The minimum atomic E-state index is -0.212. The summed E-state index contributed by atoms with van der Waals surface area (Å²) in [5.74, 6) is 0.684. The largest absolute Gasteiger partial charge is 0.471 e. The minimum Gasteiger partial charge on any atom is -0.471 e. The SMILES string of the molecule is CCCCOC(=O)C1=CN2COc3cccc(c32)C1. The van der Waals surface area contributed by atoms with Gasteiger partial charge in [0.25, 0.3) is 0 Å². The minimum absolute atomic E-state index is 0.212. The topological polar surface area (TPSA) is 38.8 Å². The van der Waals surface area contributed by atoms with E-state index in [-0.39, 0.29) is 5.97 Å². The Labute approximate surface area is 112 Å². The average molecular weight is 259 g/mol. The molecule has 4 nitrogen and oxygen atoms in total. The summed E-state index contributed by atoms with van der Waals surface area (Å²) in [7, 11) is 0. The Bertz CT molecular complexity index is 536. The fraction of sp³-hybridized carbons (Fsp3) is 0.400. The normalized spacial score (nSPS) is 15.6. The maximum Gasteiger partial charge on any atom is 0.335 e. The van der Waals surface area contributed by atoms with Crippen LogP contribution in [0.3, 0.4) is 0 Å². The van der Waals surface area contributed by atoms with E-state index in [0.717, 1.165) is 29.8 Å². The molecule has 0 saturated heterocycles. The Morgan fingerprint density at radius 3 is 3.21 bits per heavy atom. The number of ether oxygens (including phenoxy) is 2. The molecule has 1 aromatic carbocycles. The fourth-order valence-corrected chi connectivity index (χ4v) is 2.42. The van der Waals surface area contributed by atoms with Crippen molar-refractivity contribution in [3.8, 4) is 5.75 Å². The van der Waals surface area contributed by atoms with Gasteiger partial charge in [0, 0.05) is 12.6 Å². The molecule has 2 aliphatic rings. The van der Waals surface area contributed by atoms with Gasteiger partial charge in [0.2, 0.25) is 0 Å². The molecule has 19 heavy (non-hydrogen) atoms. The van der Waals surface area contributed by atoms with E-state index >= 15 is 0 Å². The smallest absolute Gasteiger partial charge is 0.335 e. The molecule has 0 radical (unpaired) electrons. The van der Waals surface area contributed by atoms with Gasteiger partial charge in [0.05, 0.1) is 17.9 Å². The van der Waals surface area contributed by atoms with E-state index in [1.165, 1.54) is 0 Å². The van der Waals surface area contributed by atoms with Crippen molar-refractivity contribution in [3.05, 3.63) is 35.5 Å². The summed E-state index contributed by atoms with van der Waals surface area (Å²) in [4.78, 5) is 14.0. The molecule has 0 unspecified atom stereocenters. The first-order valence-corrected chi connectivity index (χ1v) is 6.68. The van der Waals surface area contributed by atoms with Gasteiger partial charge in [-0.1, -0.05) is 25.5 Å². The van der Waals surface area contributed by atoms with Crippen LogP contribution in [0.1, 0.15) is 25.3 Å². The summed E-state index contributed by atoms with van der Waals surface area (Å²) in [5, 5.41) is 0. The first-order chi connectivity index (χ1) is 9.29. The molecule has 0 saturated carbocycles. The van der Waals surface area contributed by atoms with Crippen LogP contribution < -0.4 is 9.64 Å². The average Bonchev–Trinajstić information content (AvgIpc) is 2.84. The van der Waals surface area contributed by atoms with Crippen LogP contribution >= 0.6 is 0 Å². The molecule has 2 heterocycles. The standard InChI is InChI=1S/C15H17NO3/c1-2-3-7-18-15(17)12-8-11-5-4-6-13-14(11)16(9-12)10-19-13/h4-6,9H,2-3,7-8,10H2,1H3. The third-order valence-electron chi connectivity index (χ3n) is 3.41. The van der Waals surface area contributed by atoms with Gasteiger partial charge in [-0.3, -0.25) is 0 Å². The first-order valence-electron chi connectivity index (χ1n) is 6.68. The van der Waals surface area contributed by atoms with Crippen LogP contribution in [-0.4, -0.2) is 19.3 Å². The van der Waals surface area contributed by atoms with Crippen LogP contribution in [0.15, 0.2) is 30.0 Å². The molecule has 0 bridgehead atoms. The predicted octanol–water partition coefficient (Wildman–Crippen LogP) is 2.63. The molecule has 3 rings (SSSR count). The van der Waals surface area contributed by atoms with Crippen LogP contribution in [0.5, 0.6) is 5.75 Å². The zero-order valence-corrected chi connectivity index (χ0v) is 11.0. The number of unbranched alkanes of at least 4 members (excludes halogenated alkanes) is 1. The lowest BCUT2D eigenvalue weighted by atomic mass is 10.00. The lowest BCUT2D eigenvalue weighted by Gasteiger charge is -2.22. The van der Waals surface area contributed by atoms with Crippen LogP contribution in [-0.2, 0) is 16.0 Å². The Morgan fingerprint density at radius 2 is 2.37 bits per heavy atom. The summed E-state index contributed by atoms with van der Waals surface area (Å²) >= 11 is 0. The highest BCUT2D eigenvalue weighted by Gasteiger charge is 2.29. The first kappa shape index (κ1) is 12.1. The van der Waals surface area contributed by atoms with E-state index in [0.29, 0.717) is 25.3 Å². The molecule has 0 N–H and O–H groups in total. The molecule has 100 valence electrons. The van der Waals surface area contributed by atoms with Crippen LogP contribution in [0.25, 0.3) is 0 Å². The zero-order chi connectivity index (χ0) is 13.2. The van der Waals surface area contributed by atoms with Gasteiger partial charge in [-0.15, -0.1) is 0 Å². The molecular formula is C15H17NO3. The fourth-order valence-electron chi connectivity index (χ4n) is 2.42. The Kier molecular flexibility index (Phi) is 3.15. The molecule has 0 amide bonds. The van der Waals surface area contributed by atoms with Gasteiger partial charge in [-0.2, -0.15) is 0 Å². The van der Waals surface area contributed by atoms with E-state index in [2.05, 4.69) is 6.92 Å². The van der Waals surface area contributed by atoms with E-state index in [1.807, 2.05) is 29.3 Å². The van der Waals surface area contributed by atoms with Crippen molar-refractivity contribution in [2.24, 2.45) is 0 Å². The molecule has 0 spiro atoms. The summed E-state index contributed by atoms with van der Waals surface area (Å²) in [6.07, 6.45) is 4.41. The van der Waals surface area contributed by atoms with Crippen molar-refractivity contribution in [3.63, 3.8) is 0 Å². The van der Waals surface area contributed by atoms with Crippen molar-refractivity contribution in [2.45, 2.75) is 26.2 Å². The molecule has 1 aromatic rings. The lowest BCUT2D eigenvalue weighted by molar-refractivity contribution is -0.139. The number of benzene rings is 1. The van der Waals surface area contributed by atoms with Crippen molar-refractivity contribution < 1.29 is 14.3 Å². The van der Waals surface area contributed by atoms with E-state index in [1.54, 1.807) is 0 Å². The van der Waals surface area contributed by atoms with Gasteiger partial charge in [-0.25, -0.2) is 4.79 Å². The Hall–Kier alpha value is -1.97. The number of esters is 1. The summed E-state index contributed by atoms with van der Waals surface area (Å²) in [6, 6.07) is 5.95. The highest BCUT2D eigenvalue weighted by atomic mass is 16.5. The molecule has 4 heteroatoms. The highest BCUT2D eigenvalue weighted by Crippen LogP contribution is 2.41. The molecule has 0 atom stereocenters. The molecule has 0 aromatic heterocycles. The number of para-hydroxylation sites is 1. The maximum atomic E-state index is 12.0. The summed E-state index contributed by atoms with van der Waals surface area (Å²) in [6.45, 7) is 3.04. The number of carbonyl (C=O) groups is 1. The van der Waals surface area contributed by atoms with Crippen LogP contribution in [0, 0.1) is 0 Å². The summed E-state index contributed by atoms with van der Waals surface area (Å²) in [5.41, 5.74) is 2.92. The van der Waals surface area contributed by atoms with E-state index < -0.39 is 0 Å². The van der Waals surface area contributed by atoms with Crippen molar-refractivity contribution in [1.29, 1.82) is 0 Å². The third kappa shape index (κ3) is 2.18. The maximum absolute atomic E-state index is 12.0. The van der Waals surface area contributed by atoms with Crippen molar-refractivity contribution >= 4 is 11.7 Å². The number of carbonyl (C=O) groups excluding carboxylic acids is 1. The van der Waals surface area contributed by atoms with Crippen LogP contribution in [0.2, 0.25) is 0 Å².